The Morgan fingerprint density at radius 2 is 1.76 bits per heavy atom. The van der Waals surface area contributed by atoms with E-state index in [0.29, 0.717) is 27.9 Å². The third kappa shape index (κ3) is 6.78. The zero-order chi connectivity index (χ0) is 26.4. The second kappa shape index (κ2) is 12.1. The highest BCUT2D eigenvalue weighted by molar-refractivity contribution is 7.99. The lowest BCUT2D eigenvalue weighted by atomic mass is 10.1. The van der Waals surface area contributed by atoms with Gasteiger partial charge < -0.3 is 20.3 Å². The van der Waals surface area contributed by atoms with Crippen molar-refractivity contribution >= 4 is 52.4 Å². The van der Waals surface area contributed by atoms with Gasteiger partial charge in [0, 0.05) is 55.0 Å². The van der Waals surface area contributed by atoms with E-state index in [1.54, 1.807) is 31.3 Å². The van der Waals surface area contributed by atoms with Crippen molar-refractivity contribution in [2.45, 2.75) is 13.8 Å². The number of carbonyl (C=O) groups is 2. The summed E-state index contributed by atoms with van der Waals surface area (Å²) >= 11 is 8.31. The molecule has 0 atom stereocenters. The first kappa shape index (κ1) is 26.4. The third-order valence-electron chi connectivity index (χ3n) is 5.82. The summed E-state index contributed by atoms with van der Waals surface area (Å²) in [5.74, 6) is 2.76. The fourth-order valence-corrected chi connectivity index (χ4v) is 4.84. The van der Waals surface area contributed by atoms with Gasteiger partial charge >= 0.3 is 6.03 Å². The molecule has 2 aromatic carbocycles. The standard InChI is InChI=1S/C26H29ClN6O3S/c1-16-4-5-18(36-19-6-7-29-23(14-19)25(34)28-3)13-21(16)31-32-26(35)30-22-12-17(2)20(27)15-24(22)33-8-10-37-11-9-33/h4-7,12-15,31H,8-11H2,1-3H3,(H,28,34)(H2,30,32,35). The van der Waals surface area contributed by atoms with Gasteiger partial charge in [0.05, 0.1) is 17.1 Å². The molecule has 3 amide bonds. The molecule has 4 N–H and O–H groups in total. The van der Waals surface area contributed by atoms with Gasteiger partial charge in [-0.3, -0.25) is 20.6 Å². The van der Waals surface area contributed by atoms with Crippen molar-refractivity contribution in [3.63, 3.8) is 0 Å². The van der Waals surface area contributed by atoms with Gasteiger partial charge in [0.1, 0.15) is 17.2 Å². The highest BCUT2D eigenvalue weighted by Gasteiger charge is 2.18. The van der Waals surface area contributed by atoms with Gasteiger partial charge in [0.15, 0.2) is 0 Å². The summed E-state index contributed by atoms with van der Waals surface area (Å²) < 4.78 is 5.91. The van der Waals surface area contributed by atoms with E-state index >= 15 is 0 Å². The van der Waals surface area contributed by atoms with Crippen molar-refractivity contribution in [2.24, 2.45) is 0 Å². The fourth-order valence-electron chi connectivity index (χ4n) is 3.78. The summed E-state index contributed by atoms with van der Waals surface area (Å²) in [6.07, 6.45) is 1.51. The van der Waals surface area contributed by atoms with Crippen molar-refractivity contribution in [3.05, 3.63) is 70.5 Å². The molecule has 1 aliphatic rings. The highest BCUT2D eigenvalue weighted by Crippen LogP contribution is 2.33. The van der Waals surface area contributed by atoms with Crippen LogP contribution in [-0.4, -0.2) is 48.6 Å². The molecule has 0 aliphatic carbocycles. The Morgan fingerprint density at radius 3 is 2.51 bits per heavy atom. The quantitative estimate of drug-likeness (QED) is 0.305. The molecule has 1 aromatic heterocycles. The molecule has 1 aliphatic heterocycles. The number of aromatic nitrogens is 1. The maximum atomic E-state index is 12.8. The number of benzene rings is 2. The van der Waals surface area contributed by atoms with E-state index < -0.39 is 6.03 Å². The average molecular weight is 541 g/mol. The second-order valence-electron chi connectivity index (χ2n) is 8.46. The van der Waals surface area contributed by atoms with Crippen LogP contribution in [0.1, 0.15) is 21.6 Å². The van der Waals surface area contributed by atoms with Crippen LogP contribution in [0.4, 0.5) is 21.9 Å². The molecule has 1 saturated heterocycles. The van der Waals surface area contributed by atoms with Gasteiger partial charge in [0.2, 0.25) is 0 Å². The maximum Gasteiger partial charge on any atom is 0.337 e. The predicted molar refractivity (Wildman–Crippen MR) is 150 cm³/mol. The van der Waals surface area contributed by atoms with Crippen molar-refractivity contribution in [1.82, 2.24) is 15.7 Å². The van der Waals surface area contributed by atoms with Crippen LogP contribution in [0.5, 0.6) is 11.5 Å². The summed E-state index contributed by atoms with van der Waals surface area (Å²) in [4.78, 5) is 30.9. The number of amides is 3. The number of rotatable bonds is 7. The van der Waals surface area contributed by atoms with Gasteiger partial charge in [-0.05, 0) is 49.2 Å². The summed E-state index contributed by atoms with van der Waals surface area (Å²) in [7, 11) is 1.54. The van der Waals surface area contributed by atoms with Crippen LogP contribution in [0.15, 0.2) is 48.7 Å². The summed E-state index contributed by atoms with van der Waals surface area (Å²) in [5, 5.41) is 6.15. The minimum atomic E-state index is -0.413. The average Bonchev–Trinajstić information content (AvgIpc) is 2.91. The Hall–Kier alpha value is -3.63. The molecule has 11 heteroatoms. The Morgan fingerprint density at radius 1 is 1.00 bits per heavy atom. The fraction of sp³-hybridized carbons (Fsp3) is 0.269. The minimum Gasteiger partial charge on any atom is -0.457 e. The summed E-state index contributed by atoms with van der Waals surface area (Å²) in [6.45, 7) is 5.62. The van der Waals surface area contributed by atoms with Crippen LogP contribution >= 0.6 is 23.4 Å². The number of hydrazine groups is 1. The first-order chi connectivity index (χ1) is 17.8. The molecule has 37 heavy (non-hydrogen) atoms. The lowest BCUT2D eigenvalue weighted by Crippen LogP contribution is -2.36. The topological polar surface area (TPSA) is 108 Å². The molecule has 0 bridgehead atoms. The highest BCUT2D eigenvalue weighted by atomic mass is 35.5. The minimum absolute atomic E-state index is 0.254. The number of ether oxygens (including phenoxy) is 1. The molecule has 0 spiro atoms. The number of hydrogen-bond acceptors (Lipinski definition) is 7. The maximum absolute atomic E-state index is 12.8. The Balaban J connectivity index is 1.43. The van der Waals surface area contributed by atoms with E-state index in [9.17, 15) is 9.59 Å². The molecule has 4 rings (SSSR count). The number of thioether (sulfide) groups is 1. The number of halogens is 1. The Labute approximate surface area is 225 Å². The van der Waals surface area contributed by atoms with Gasteiger partial charge in [-0.15, -0.1) is 0 Å². The van der Waals surface area contributed by atoms with E-state index in [2.05, 4.69) is 31.4 Å². The molecule has 1 fully saturated rings. The Bertz CT molecular complexity index is 1300. The molecular weight excluding hydrogens is 512 g/mol. The van der Waals surface area contributed by atoms with Crippen LogP contribution in [0, 0.1) is 13.8 Å². The number of urea groups is 1. The zero-order valence-electron chi connectivity index (χ0n) is 20.9. The van der Waals surface area contributed by atoms with Crippen LogP contribution < -0.4 is 31.1 Å². The van der Waals surface area contributed by atoms with Gasteiger partial charge in [-0.2, -0.15) is 11.8 Å². The van der Waals surface area contributed by atoms with Crippen molar-refractivity contribution < 1.29 is 14.3 Å². The van der Waals surface area contributed by atoms with E-state index in [4.69, 9.17) is 16.3 Å². The van der Waals surface area contributed by atoms with Crippen molar-refractivity contribution in [3.8, 4) is 11.5 Å². The monoisotopic (exact) mass is 540 g/mol. The lowest BCUT2D eigenvalue weighted by Gasteiger charge is -2.30. The van der Waals surface area contributed by atoms with Gasteiger partial charge in [-0.1, -0.05) is 17.7 Å². The number of nitrogens with zero attached hydrogens (tertiary/aromatic N) is 2. The van der Waals surface area contributed by atoms with Crippen molar-refractivity contribution in [1.29, 1.82) is 0 Å². The molecule has 194 valence electrons. The first-order valence-electron chi connectivity index (χ1n) is 11.8. The third-order valence-corrected chi connectivity index (χ3v) is 7.17. The predicted octanol–water partition coefficient (Wildman–Crippen LogP) is 5.21. The summed E-state index contributed by atoms with van der Waals surface area (Å²) in [6, 6.07) is 12.1. The van der Waals surface area contributed by atoms with Gasteiger partial charge in [-0.25, -0.2) is 4.79 Å². The van der Waals surface area contributed by atoms with E-state index in [1.807, 2.05) is 43.8 Å². The largest absolute Gasteiger partial charge is 0.457 e. The number of hydrogen-bond donors (Lipinski definition) is 4. The number of nitrogens with one attached hydrogen (secondary N) is 4. The Kier molecular flexibility index (Phi) is 8.62. The SMILES string of the molecule is CNC(=O)c1cc(Oc2ccc(C)c(NNC(=O)Nc3cc(C)c(Cl)cc3N3CCSCC3)c2)ccn1. The molecule has 0 saturated carbocycles. The van der Waals surface area contributed by atoms with Crippen LogP contribution in [0.25, 0.3) is 0 Å². The smallest absolute Gasteiger partial charge is 0.337 e. The van der Waals surface area contributed by atoms with E-state index in [0.717, 1.165) is 41.4 Å². The molecule has 9 nitrogen and oxygen atoms in total. The molecule has 0 unspecified atom stereocenters. The van der Waals surface area contributed by atoms with E-state index in [1.165, 1.54) is 6.20 Å². The van der Waals surface area contributed by atoms with E-state index in [-0.39, 0.29) is 11.6 Å². The summed E-state index contributed by atoms with van der Waals surface area (Å²) in [5.41, 5.74) is 9.98. The zero-order valence-corrected chi connectivity index (χ0v) is 22.4. The van der Waals surface area contributed by atoms with Crippen LogP contribution in [0.3, 0.4) is 0 Å². The lowest BCUT2D eigenvalue weighted by molar-refractivity contribution is 0.0958. The number of carbonyl (C=O) groups excluding carboxylic acids is 2. The second-order valence-corrected chi connectivity index (χ2v) is 10.1. The normalized spacial score (nSPS) is 13.0. The number of aryl methyl sites for hydroxylation is 2. The van der Waals surface area contributed by atoms with Crippen molar-refractivity contribution in [2.75, 3.05) is 47.3 Å². The number of anilines is 3. The van der Waals surface area contributed by atoms with Crippen LogP contribution in [0.2, 0.25) is 5.02 Å². The van der Waals surface area contributed by atoms with Crippen LogP contribution in [-0.2, 0) is 0 Å². The molecular formula is C26H29ClN6O3S. The molecule has 0 radical (unpaired) electrons. The number of pyridine rings is 1. The molecule has 2 heterocycles. The molecule has 3 aromatic rings. The first-order valence-corrected chi connectivity index (χ1v) is 13.3. The van der Waals surface area contributed by atoms with Gasteiger partial charge in [0.25, 0.3) is 5.91 Å².